The fourth-order valence-electron chi connectivity index (χ4n) is 1.61. The Hall–Kier alpha value is -2.33. The fourth-order valence-corrected chi connectivity index (χ4v) is 2.65. The fraction of sp³-hybridized carbons (Fsp3) is 0.182. The Morgan fingerprint density at radius 2 is 2.19 bits per heavy atom. The molecule has 112 valence electrons. The lowest BCUT2D eigenvalue weighted by molar-refractivity contribution is -0.387. The van der Waals surface area contributed by atoms with Crippen LogP contribution in [0.15, 0.2) is 41.8 Å². The molecule has 0 saturated carbocycles. The highest BCUT2D eigenvalue weighted by Gasteiger charge is 2.20. The number of aromatic nitrogens is 2. The smallest absolute Gasteiger partial charge is 0.304 e. The molecule has 8 nitrogen and oxygen atoms in total. The van der Waals surface area contributed by atoms with Crippen molar-refractivity contribution in [3.8, 4) is 0 Å². The molecular formula is C11H11FN4O4S. The van der Waals surface area contributed by atoms with Gasteiger partial charge in [0.2, 0.25) is 15.8 Å². The van der Waals surface area contributed by atoms with Crippen LogP contribution in [0, 0.1) is 15.9 Å². The van der Waals surface area contributed by atoms with Gasteiger partial charge in [-0.25, -0.2) is 18.1 Å². The van der Waals surface area contributed by atoms with Crippen molar-refractivity contribution in [3.05, 3.63) is 52.9 Å². The predicted octanol–water partition coefficient (Wildman–Crippen LogP) is 0.909. The minimum absolute atomic E-state index is 0.0807. The topological polar surface area (TPSA) is 107 Å². The molecular weight excluding hydrogens is 303 g/mol. The number of nitrogens with zero attached hydrogens (tertiary/aromatic N) is 3. The first-order valence-electron chi connectivity index (χ1n) is 5.79. The molecule has 2 rings (SSSR count). The van der Waals surface area contributed by atoms with Gasteiger partial charge < -0.3 is 4.57 Å². The van der Waals surface area contributed by atoms with Crippen molar-refractivity contribution in [1.29, 1.82) is 0 Å². The van der Waals surface area contributed by atoms with Crippen LogP contribution < -0.4 is 4.72 Å². The van der Waals surface area contributed by atoms with Crippen LogP contribution in [0.25, 0.3) is 0 Å². The second-order valence-electron chi connectivity index (χ2n) is 4.07. The van der Waals surface area contributed by atoms with Crippen LogP contribution >= 0.6 is 0 Å². The maximum atomic E-state index is 13.4. The minimum atomic E-state index is -3.92. The summed E-state index contributed by atoms with van der Waals surface area (Å²) in [7, 11) is -3.92. The largest absolute Gasteiger partial charge is 0.336 e. The maximum Gasteiger partial charge on any atom is 0.304 e. The van der Waals surface area contributed by atoms with Gasteiger partial charge in [-0.05, 0) is 6.07 Å². The molecule has 1 aromatic heterocycles. The van der Waals surface area contributed by atoms with Crippen LogP contribution in [-0.2, 0) is 16.6 Å². The lowest BCUT2D eigenvalue weighted by Crippen LogP contribution is -2.27. The zero-order valence-electron chi connectivity index (χ0n) is 10.6. The number of hydrogen-bond donors (Lipinski definition) is 1. The lowest BCUT2D eigenvalue weighted by Gasteiger charge is -2.07. The van der Waals surface area contributed by atoms with Crippen LogP contribution in [0.5, 0.6) is 0 Å². The van der Waals surface area contributed by atoms with Crippen molar-refractivity contribution < 1.29 is 17.7 Å². The van der Waals surface area contributed by atoms with E-state index in [9.17, 15) is 22.9 Å². The highest BCUT2D eigenvalue weighted by Crippen LogP contribution is 2.20. The van der Waals surface area contributed by atoms with Crippen molar-refractivity contribution in [3.63, 3.8) is 0 Å². The molecule has 0 amide bonds. The van der Waals surface area contributed by atoms with E-state index < -0.39 is 26.5 Å². The predicted molar refractivity (Wildman–Crippen MR) is 70.5 cm³/mol. The van der Waals surface area contributed by atoms with Crippen LogP contribution in [0.1, 0.15) is 0 Å². The van der Waals surface area contributed by atoms with Crippen LogP contribution in [0.3, 0.4) is 0 Å². The number of nitro benzene ring substituents is 1. The first-order chi connectivity index (χ1) is 9.90. The Bertz CT molecular complexity index is 746. The Morgan fingerprint density at radius 1 is 1.43 bits per heavy atom. The number of imidazole rings is 1. The third-order valence-electron chi connectivity index (χ3n) is 2.65. The summed E-state index contributed by atoms with van der Waals surface area (Å²) < 4.78 is 41.2. The van der Waals surface area contributed by atoms with E-state index in [0.717, 1.165) is 12.1 Å². The number of rotatable bonds is 6. The Morgan fingerprint density at radius 3 is 2.76 bits per heavy atom. The normalized spacial score (nSPS) is 11.5. The van der Waals surface area contributed by atoms with E-state index in [2.05, 4.69) is 9.71 Å². The molecule has 0 aliphatic heterocycles. The zero-order chi connectivity index (χ0) is 15.5. The first kappa shape index (κ1) is 15.1. The van der Waals surface area contributed by atoms with Gasteiger partial charge in [0.05, 0.1) is 16.1 Å². The number of sulfonamides is 1. The molecule has 0 radical (unpaired) electrons. The van der Waals surface area contributed by atoms with Crippen molar-refractivity contribution >= 4 is 15.7 Å². The van der Waals surface area contributed by atoms with E-state index in [1.807, 2.05) is 0 Å². The molecule has 0 unspecified atom stereocenters. The minimum Gasteiger partial charge on any atom is -0.336 e. The zero-order valence-corrected chi connectivity index (χ0v) is 11.5. The van der Waals surface area contributed by atoms with Gasteiger partial charge in [-0.1, -0.05) is 0 Å². The second kappa shape index (κ2) is 5.97. The third kappa shape index (κ3) is 3.61. The van der Waals surface area contributed by atoms with E-state index >= 15 is 0 Å². The first-order valence-corrected chi connectivity index (χ1v) is 7.28. The average Bonchev–Trinajstić information content (AvgIpc) is 2.91. The maximum absolute atomic E-state index is 13.4. The molecule has 0 spiro atoms. The second-order valence-corrected chi connectivity index (χ2v) is 5.84. The molecule has 0 aliphatic rings. The molecule has 10 heteroatoms. The van der Waals surface area contributed by atoms with Crippen molar-refractivity contribution in [2.24, 2.45) is 0 Å². The Kier molecular flexibility index (Phi) is 4.29. The van der Waals surface area contributed by atoms with Gasteiger partial charge in [0.25, 0.3) is 0 Å². The van der Waals surface area contributed by atoms with Gasteiger partial charge in [0.1, 0.15) is 0 Å². The molecule has 0 aliphatic carbocycles. The summed E-state index contributed by atoms with van der Waals surface area (Å²) in [4.78, 5) is 13.0. The molecule has 2 aromatic rings. The van der Waals surface area contributed by atoms with E-state index in [1.165, 1.54) is 6.33 Å². The van der Waals surface area contributed by atoms with Crippen LogP contribution in [0.2, 0.25) is 0 Å². The molecule has 0 saturated heterocycles. The number of halogens is 1. The molecule has 0 atom stereocenters. The number of hydrogen-bond acceptors (Lipinski definition) is 5. The summed E-state index contributed by atoms with van der Waals surface area (Å²) in [6, 6.07) is 2.43. The van der Waals surface area contributed by atoms with E-state index in [0.29, 0.717) is 12.6 Å². The highest BCUT2D eigenvalue weighted by atomic mass is 32.2. The number of nitro groups is 1. The molecule has 0 fully saturated rings. The summed E-state index contributed by atoms with van der Waals surface area (Å²) in [5.74, 6) is -1.20. The molecule has 1 aromatic carbocycles. The number of nitrogens with one attached hydrogen (secondary N) is 1. The monoisotopic (exact) mass is 314 g/mol. The van der Waals surface area contributed by atoms with Crippen molar-refractivity contribution in [2.75, 3.05) is 6.54 Å². The molecule has 1 heterocycles. The van der Waals surface area contributed by atoms with Gasteiger partial charge in [-0.2, -0.15) is 4.39 Å². The van der Waals surface area contributed by atoms with Gasteiger partial charge in [-0.3, -0.25) is 10.1 Å². The summed E-state index contributed by atoms with van der Waals surface area (Å²) in [5.41, 5.74) is -0.771. The third-order valence-corrected chi connectivity index (χ3v) is 4.11. The van der Waals surface area contributed by atoms with Crippen LogP contribution in [0.4, 0.5) is 10.1 Å². The summed E-state index contributed by atoms with van der Waals surface area (Å²) in [6.45, 7) is 0.437. The van der Waals surface area contributed by atoms with E-state index in [4.69, 9.17) is 0 Å². The van der Waals surface area contributed by atoms with Gasteiger partial charge in [0, 0.05) is 37.6 Å². The van der Waals surface area contributed by atoms with Crippen molar-refractivity contribution in [2.45, 2.75) is 11.4 Å². The SMILES string of the molecule is O=[N+]([O-])c1ccc(S(=O)(=O)NCCn2ccnc2)cc1F. The number of benzene rings is 1. The van der Waals surface area contributed by atoms with E-state index in [1.54, 1.807) is 17.0 Å². The van der Waals surface area contributed by atoms with Gasteiger partial charge >= 0.3 is 5.69 Å². The molecule has 21 heavy (non-hydrogen) atoms. The van der Waals surface area contributed by atoms with E-state index in [-0.39, 0.29) is 11.4 Å². The quantitative estimate of drug-likeness (QED) is 0.630. The standard InChI is InChI=1S/C11H11FN4O4S/c12-10-7-9(1-2-11(10)16(17)18)21(19,20)14-4-6-15-5-3-13-8-15/h1-3,5,7-8,14H,4,6H2. The highest BCUT2D eigenvalue weighted by molar-refractivity contribution is 7.89. The van der Waals surface area contributed by atoms with Crippen molar-refractivity contribution in [1.82, 2.24) is 14.3 Å². The van der Waals surface area contributed by atoms with Gasteiger partial charge in [-0.15, -0.1) is 0 Å². The summed E-state index contributed by atoms with van der Waals surface area (Å²) in [5, 5.41) is 10.5. The average molecular weight is 314 g/mol. The Labute approximate surface area is 119 Å². The molecule has 1 N–H and O–H groups in total. The van der Waals surface area contributed by atoms with Gasteiger partial charge in [0.15, 0.2) is 0 Å². The summed E-state index contributed by atoms with van der Waals surface area (Å²) >= 11 is 0. The summed E-state index contributed by atoms with van der Waals surface area (Å²) in [6.07, 6.45) is 4.75. The Balaban J connectivity index is 2.08. The van der Waals surface area contributed by atoms with Crippen LogP contribution in [-0.4, -0.2) is 29.4 Å². The lowest BCUT2D eigenvalue weighted by atomic mass is 10.3. The molecule has 0 bridgehead atoms.